The zero-order valence-corrected chi connectivity index (χ0v) is 13.7. The number of hydrogen-bond acceptors (Lipinski definition) is 4. The number of ether oxygens (including phenoxy) is 1. The second kappa shape index (κ2) is 5.64. The summed E-state index contributed by atoms with van der Waals surface area (Å²) in [6, 6.07) is 2.39. The highest BCUT2D eigenvalue weighted by atomic mass is 19.4. The van der Waals surface area contributed by atoms with Crippen LogP contribution in [0.5, 0.6) is 0 Å². The van der Waals surface area contributed by atoms with Gasteiger partial charge in [0.05, 0.1) is 17.8 Å². The zero-order chi connectivity index (χ0) is 19.5. The van der Waals surface area contributed by atoms with E-state index in [1.54, 1.807) is 6.92 Å². The summed E-state index contributed by atoms with van der Waals surface area (Å²) in [7, 11) is 0. The van der Waals surface area contributed by atoms with Gasteiger partial charge < -0.3 is 4.74 Å². The number of H-pyrrole nitrogens is 1. The molecule has 0 amide bonds. The first-order chi connectivity index (χ1) is 12.7. The first kappa shape index (κ1) is 17.2. The Bertz CT molecular complexity index is 1090. The fraction of sp³-hybridized carbons (Fsp3) is 0.294. The van der Waals surface area contributed by atoms with E-state index in [2.05, 4.69) is 20.0 Å². The highest BCUT2D eigenvalue weighted by Crippen LogP contribution is 2.47. The molecular formula is C17H10F4N4O2. The normalized spacial score (nSPS) is 22.5. The molecule has 138 valence electrons. The van der Waals surface area contributed by atoms with Crippen LogP contribution >= 0.6 is 0 Å². The number of aliphatic imine (C=N–C) groups is 1. The van der Waals surface area contributed by atoms with Gasteiger partial charge >= 0.3 is 12.1 Å². The largest absolute Gasteiger partial charge is 0.459 e. The topological polar surface area (TPSA) is 71.7 Å². The third-order valence-electron chi connectivity index (χ3n) is 4.69. The number of aryl methyl sites for hydroxylation is 1. The number of benzene rings is 1. The van der Waals surface area contributed by atoms with Crippen LogP contribution in [0.2, 0.25) is 0 Å². The molecule has 27 heavy (non-hydrogen) atoms. The number of hydrogen-bond donors (Lipinski definition) is 1. The maximum absolute atomic E-state index is 14.8. The van der Waals surface area contributed by atoms with Crippen molar-refractivity contribution < 1.29 is 27.1 Å². The van der Waals surface area contributed by atoms with Gasteiger partial charge in [0.15, 0.2) is 0 Å². The van der Waals surface area contributed by atoms with E-state index in [4.69, 9.17) is 11.3 Å². The van der Waals surface area contributed by atoms with Crippen LogP contribution in [0.25, 0.3) is 15.7 Å². The van der Waals surface area contributed by atoms with Crippen molar-refractivity contribution in [1.29, 1.82) is 0 Å². The summed E-state index contributed by atoms with van der Waals surface area (Å²) in [6.45, 7) is 8.51. The monoisotopic (exact) mass is 378 g/mol. The van der Waals surface area contributed by atoms with Crippen LogP contribution in [0.15, 0.2) is 28.5 Å². The van der Waals surface area contributed by atoms with Gasteiger partial charge in [-0.3, -0.25) is 14.9 Å². The van der Waals surface area contributed by atoms with Crippen LogP contribution in [0.4, 0.5) is 17.6 Å². The van der Waals surface area contributed by atoms with E-state index in [0.29, 0.717) is 11.1 Å². The molecule has 2 atom stereocenters. The highest BCUT2D eigenvalue weighted by Gasteiger charge is 2.51. The van der Waals surface area contributed by atoms with Crippen LogP contribution in [0.3, 0.4) is 0 Å². The first-order valence-corrected chi connectivity index (χ1v) is 7.79. The first-order valence-electron chi connectivity index (χ1n) is 7.79. The van der Waals surface area contributed by atoms with Gasteiger partial charge in [0.2, 0.25) is 5.70 Å². The van der Waals surface area contributed by atoms with Crippen LogP contribution < -0.4 is 0 Å². The number of rotatable bonds is 1. The smallest absolute Gasteiger partial charge is 0.423 e. The summed E-state index contributed by atoms with van der Waals surface area (Å²) in [5.41, 5.74) is -1.74. The maximum atomic E-state index is 14.8. The van der Waals surface area contributed by atoms with Gasteiger partial charge in [0, 0.05) is 23.1 Å². The second-order valence-corrected chi connectivity index (χ2v) is 6.25. The average Bonchev–Trinajstić information content (AvgIpc) is 3.15. The third-order valence-corrected chi connectivity index (χ3v) is 4.69. The van der Waals surface area contributed by atoms with Crippen molar-refractivity contribution >= 4 is 22.6 Å². The van der Waals surface area contributed by atoms with Crippen molar-refractivity contribution in [2.24, 2.45) is 10.9 Å². The summed E-state index contributed by atoms with van der Waals surface area (Å²) < 4.78 is 60.0. The Kier molecular flexibility index (Phi) is 3.59. The molecule has 0 aliphatic carbocycles. The van der Waals surface area contributed by atoms with Crippen LogP contribution in [0, 0.1) is 25.2 Å². The number of carbonyl (C=O) groups is 1. The fourth-order valence-electron chi connectivity index (χ4n) is 3.47. The predicted molar refractivity (Wildman–Crippen MR) is 85.1 cm³/mol. The van der Waals surface area contributed by atoms with Crippen molar-refractivity contribution in [2.45, 2.75) is 19.0 Å². The molecule has 1 N–H and O–H groups in total. The number of nitrogens with one attached hydrogen (secondary N) is 1. The lowest BCUT2D eigenvalue weighted by molar-refractivity contribution is -0.141. The Hall–Kier alpha value is -3.22. The van der Waals surface area contributed by atoms with Crippen LogP contribution in [0.1, 0.15) is 17.2 Å². The summed E-state index contributed by atoms with van der Waals surface area (Å²) >= 11 is 0. The number of cyclic esters (lactones) is 1. The van der Waals surface area contributed by atoms with E-state index in [1.165, 1.54) is 6.07 Å². The van der Waals surface area contributed by atoms with E-state index in [1.807, 2.05) is 0 Å². The Morgan fingerprint density at radius 3 is 2.74 bits per heavy atom. The minimum Gasteiger partial charge on any atom is -0.459 e. The number of nitrogens with zero attached hydrogens (tertiary/aromatic N) is 3. The third kappa shape index (κ3) is 2.50. The lowest BCUT2D eigenvalue weighted by Crippen LogP contribution is -2.32. The SMILES string of the molecule is [C-]#[N+]C1=C(C(F)(F)F)N=C2COC(=O)C2C1c1cc2c(C)[nH]nc2cc1F. The van der Waals surface area contributed by atoms with Gasteiger partial charge in [0.1, 0.15) is 24.0 Å². The quantitative estimate of drug-likeness (QED) is 0.470. The van der Waals surface area contributed by atoms with Gasteiger partial charge in [-0.25, -0.2) is 9.24 Å². The van der Waals surface area contributed by atoms with E-state index >= 15 is 0 Å². The predicted octanol–water partition coefficient (Wildman–Crippen LogP) is 3.41. The Morgan fingerprint density at radius 1 is 1.33 bits per heavy atom. The van der Waals surface area contributed by atoms with Crippen molar-refractivity contribution in [2.75, 3.05) is 6.61 Å². The summed E-state index contributed by atoms with van der Waals surface area (Å²) in [5, 5.41) is 7.06. The standard InChI is InChI=1S/C17H10F4N4O2/c1-6-7-3-8(9(18)4-10(7)25-24-6)12-13-11(5-27-16(13)26)23-15(14(12)22-2)17(19,20)21/h3-4,12-13H,5H2,1H3,(H,24,25). The summed E-state index contributed by atoms with van der Waals surface area (Å²) in [4.78, 5) is 18.6. The van der Waals surface area contributed by atoms with Gasteiger partial charge in [-0.1, -0.05) is 0 Å². The molecule has 6 nitrogen and oxygen atoms in total. The van der Waals surface area contributed by atoms with Crippen molar-refractivity contribution in [3.8, 4) is 0 Å². The minimum absolute atomic E-state index is 0.159. The summed E-state index contributed by atoms with van der Waals surface area (Å²) in [5.74, 6) is -4.42. The fourth-order valence-corrected chi connectivity index (χ4v) is 3.47. The van der Waals surface area contributed by atoms with Gasteiger partial charge in [-0.05, 0) is 18.6 Å². The van der Waals surface area contributed by atoms with E-state index < -0.39 is 47.8 Å². The lowest BCUT2D eigenvalue weighted by Gasteiger charge is -2.27. The number of halogens is 4. The zero-order valence-electron chi connectivity index (χ0n) is 13.7. The molecule has 10 heteroatoms. The number of aromatic nitrogens is 2. The average molecular weight is 378 g/mol. The van der Waals surface area contributed by atoms with Crippen molar-refractivity contribution in [3.05, 3.63) is 52.0 Å². The number of aromatic amines is 1. The van der Waals surface area contributed by atoms with Crippen LogP contribution in [-0.4, -0.2) is 34.7 Å². The molecule has 1 saturated heterocycles. The molecule has 1 aromatic heterocycles. The molecule has 2 aliphatic rings. The number of fused-ring (bicyclic) bond motifs is 2. The highest BCUT2D eigenvalue weighted by molar-refractivity contribution is 6.10. The minimum atomic E-state index is -4.92. The van der Waals surface area contributed by atoms with Crippen molar-refractivity contribution in [1.82, 2.24) is 10.2 Å². The molecule has 0 spiro atoms. The van der Waals surface area contributed by atoms with Gasteiger partial charge in [0.25, 0.3) is 0 Å². The summed E-state index contributed by atoms with van der Waals surface area (Å²) in [6.07, 6.45) is -4.92. The molecule has 2 aromatic rings. The number of alkyl halides is 3. The van der Waals surface area contributed by atoms with Crippen LogP contribution in [-0.2, 0) is 9.53 Å². The van der Waals surface area contributed by atoms with Gasteiger partial charge in [-0.2, -0.15) is 18.3 Å². The number of esters is 1. The Balaban J connectivity index is 2.01. The lowest BCUT2D eigenvalue weighted by atomic mass is 9.78. The molecule has 0 saturated carbocycles. The molecule has 4 rings (SSSR count). The number of allylic oxidation sites excluding steroid dienone is 2. The molecule has 0 bridgehead atoms. The second-order valence-electron chi connectivity index (χ2n) is 6.25. The van der Waals surface area contributed by atoms with E-state index in [9.17, 15) is 22.4 Å². The number of carbonyl (C=O) groups excluding carboxylic acids is 1. The van der Waals surface area contributed by atoms with Crippen molar-refractivity contribution in [3.63, 3.8) is 0 Å². The molecular weight excluding hydrogens is 368 g/mol. The molecule has 2 aliphatic heterocycles. The maximum Gasteiger partial charge on any atom is 0.423 e. The molecule has 1 aromatic carbocycles. The molecule has 2 unspecified atom stereocenters. The molecule has 3 heterocycles. The molecule has 1 fully saturated rings. The molecule has 0 radical (unpaired) electrons. The van der Waals surface area contributed by atoms with E-state index in [0.717, 1.165) is 6.07 Å². The Labute approximate surface area is 149 Å². The van der Waals surface area contributed by atoms with Gasteiger partial charge in [-0.15, -0.1) is 0 Å². The Morgan fingerprint density at radius 2 is 2.07 bits per heavy atom. The van der Waals surface area contributed by atoms with E-state index in [-0.39, 0.29) is 16.8 Å².